The first-order valence-electron chi connectivity index (χ1n) is 7.91. The van der Waals surface area contributed by atoms with E-state index in [-0.39, 0.29) is 11.7 Å². The average molecular weight is 388 g/mol. The average Bonchev–Trinajstić information content (AvgIpc) is 2.97. The highest BCUT2D eigenvalue weighted by Gasteiger charge is 2.16. The number of aromatic nitrogens is 3. The van der Waals surface area contributed by atoms with Crippen molar-refractivity contribution in [3.8, 4) is 11.4 Å². The maximum atomic E-state index is 12.2. The van der Waals surface area contributed by atoms with Crippen molar-refractivity contribution in [2.75, 3.05) is 16.9 Å². The van der Waals surface area contributed by atoms with Gasteiger partial charge in [0.25, 0.3) is 0 Å². The van der Waals surface area contributed by atoms with Crippen molar-refractivity contribution < 1.29 is 4.79 Å². The smallest absolute Gasteiger partial charge is 0.234 e. The number of aryl methyl sites for hydroxylation is 2. The highest BCUT2D eigenvalue weighted by molar-refractivity contribution is 7.99. The van der Waals surface area contributed by atoms with Crippen LogP contribution in [0.25, 0.3) is 11.4 Å². The van der Waals surface area contributed by atoms with E-state index in [1.165, 1.54) is 16.4 Å². The number of nitrogens with zero attached hydrogens (tertiary/aromatic N) is 3. The van der Waals surface area contributed by atoms with E-state index in [0.717, 1.165) is 16.8 Å². The van der Waals surface area contributed by atoms with Crippen LogP contribution in [0.3, 0.4) is 0 Å². The van der Waals surface area contributed by atoms with Crippen molar-refractivity contribution in [3.05, 3.63) is 58.6 Å². The molecule has 0 fully saturated rings. The monoisotopic (exact) mass is 387 g/mol. The molecule has 2 aromatic carbocycles. The molecule has 3 rings (SSSR count). The van der Waals surface area contributed by atoms with Crippen molar-refractivity contribution in [1.82, 2.24) is 14.9 Å². The summed E-state index contributed by atoms with van der Waals surface area (Å²) < 4.78 is 1.34. The number of nitrogens with one attached hydrogen (secondary N) is 1. The topological polar surface area (TPSA) is 85.8 Å². The Kier molecular flexibility index (Phi) is 5.49. The van der Waals surface area contributed by atoms with Crippen LogP contribution in [0.5, 0.6) is 0 Å². The van der Waals surface area contributed by atoms with Gasteiger partial charge >= 0.3 is 0 Å². The first kappa shape index (κ1) is 18.3. The number of benzene rings is 2. The van der Waals surface area contributed by atoms with E-state index in [0.29, 0.717) is 21.6 Å². The lowest BCUT2D eigenvalue weighted by atomic mass is 10.1. The highest BCUT2D eigenvalue weighted by atomic mass is 35.5. The zero-order valence-electron chi connectivity index (χ0n) is 14.4. The van der Waals surface area contributed by atoms with Gasteiger partial charge in [0.15, 0.2) is 5.82 Å². The second-order valence-electron chi connectivity index (χ2n) is 5.81. The van der Waals surface area contributed by atoms with Crippen LogP contribution in [0, 0.1) is 13.8 Å². The Morgan fingerprint density at radius 1 is 1.23 bits per heavy atom. The largest absolute Gasteiger partial charge is 0.335 e. The van der Waals surface area contributed by atoms with Crippen molar-refractivity contribution >= 4 is 35.0 Å². The second kappa shape index (κ2) is 7.80. The van der Waals surface area contributed by atoms with Crippen LogP contribution in [0.1, 0.15) is 11.1 Å². The predicted molar refractivity (Wildman–Crippen MR) is 106 cm³/mol. The number of anilines is 1. The minimum atomic E-state index is -0.135. The summed E-state index contributed by atoms with van der Waals surface area (Å²) in [5, 5.41) is 12.0. The fourth-order valence-corrected chi connectivity index (χ4v) is 3.35. The number of carbonyl (C=O) groups is 1. The van der Waals surface area contributed by atoms with E-state index >= 15 is 0 Å². The lowest BCUT2D eigenvalue weighted by molar-refractivity contribution is -0.113. The number of nitrogens with two attached hydrogens (primary N) is 1. The lowest BCUT2D eigenvalue weighted by Crippen LogP contribution is -2.17. The number of amides is 1. The van der Waals surface area contributed by atoms with Gasteiger partial charge in [-0.25, -0.2) is 4.68 Å². The molecule has 3 N–H and O–H groups in total. The van der Waals surface area contributed by atoms with Crippen LogP contribution in [-0.4, -0.2) is 26.5 Å². The van der Waals surface area contributed by atoms with Crippen LogP contribution >= 0.6 is 23.4 Å². The number of thioether (sulfide) groups is 1. The van der Waals surface area contributed by atoms with E-state index in [9.17, 15) is 4.79 Å². The third-order valence-corrected chi connectivity index (χ3v) is 5.04. The SMILES string of the molecule is Cc1ccc(NC(=O)CSc2nnc(-c3ccccc3Cl)n2N)c(C)c1. The molecule has 0 radical (unpaired) electrons. The summed E-state index contributed by atoms with van der Waals surface area (Å²) in [5.74, 6) is 6.55. The van der Waals surface area contributed by atoms with Crippen LogP contribution in [0.2, 0.25) is 5.02 Å². The van der Waals surface area contributed by atoms with E-state index in [1.807, 2.05) is 50.2 Å². The molecule has 8 heteroatoms. The molecule has 0 aliphatic heterocycles. The Hall–Kier alpha value is -2.51. The molecule has 0 spiro atoms. The summed E-state index contributed by atoms with van der Waals surface area (Å²) in [6.45, 7) is 3.97. The summed E-state index contributed by atoms with van der Waals surface area (Å²) in [6.07, 6.45) is 0. The zero-order chi connectivity index (χ0) is 18.7. The van der Waals surface area contributed by atoms with Gasteiger partial charge in [0.05, 0.1) is 10.8 Å². The molecule has 1 amide bonds. The summed E-state index contributed by atoms with van der Waals surface area (Å²) in [6, 6.07) is 13.1. The molecule has 0 aliphatic carbocycles. The quantitative estimate of drug-likeness (QED) is 0.515. The molecule has 6 nitrogen and oxygen atoms in total. The lowest BCUT2D eigenvalue weighted by Gasteiger charge is -2.09. The van der Waals surface area contributed by atoms with Crippen molar-refractivity contribution in [2.24, 2.45) is 0 Å². The Bertz CT molecular complexity index is 957. The van der Waals surface area contributed by atoms with E-state index < -0.39 is 0 Å². The van der Waals surface area contributed by atoms with Gasteiger partial charge < -0.3 is 11.2 Å². The Morgan fingerprint density at radius 3 is 2.73 bits per heavy atom. The first-order valence-corrected chi connectivity index (χ1v) is 9.27. The van der Waals surface area contributed by atoms with Crippen molar-refractivity contribution in [2.45, 2.75) is 19.0 Å². The van der Waals surface area contributed by atoms with Gasteiger partial charge in [0, 0.05) is 11.3 Å². The molecule has 0 saturated heterocycles. The number of rotatable bonds is 5. The maximum Gasteiger partial charge on any atom is 0.234 e. The van der Waals surface area contributed by atoms with Crippen LogP contribution in [-0.2, 0) is 4.79 Å². The van der Waals surface area contributed by atoms with Gasteiger partial charge in [-0.05, 0) is 37.6 Å². The van der Waals surface area contributed by atoms with Crippen LogP contribution in [0.4, 0.5) is 5.69 Å². The normalized spacial score (nSPS) is 10.7. The summed E-state index contributed by atoms with van der Waals surface area (Å²) in [7, 11) is 0. The van der Waals surface area contributed by atoms with Crippen LogP contribution in [0.15, 0.2) is 47.6 Å². The molecule has 1 aromatic heterocycles. The molecule has 26 heavy (non-hydrogen) atoms. The van der Waals surface area contributed by atoms with Crippen molar-refractivity contribution in [1.29, 1.82) is 0 Å². The van der Waals surface area contributed by atoms with Gasteiger partial charge in [-0.15, -0.1) is 10.2 Å². The highest BCUT2D eigenvalue weighted by Crippen LogP contribution is 2.27. The number of carbonyl (C=O) groups excluding carboxylic acids is 1. The molecule has 0 unspecified atom stereocenters. The number of nitrogen functional groups attached to an aromatic ring is 1. The summed E-state index contributed by atoms with van der Waals surface area (Å²) >= 11 is 7.39. The minimum Gasteiger partial charge on any atom is -0.335 e. The molecule has 0 saturated carbocycles. The van der Waals surface area contributed by atoms with Gasteiger partial charge in [-0.2, -0.15) is 0 Å². The Morgan fingerprint density at radius 2 is 2.00 bits per heavy atom. The molecule has 134 valence electrons. The van der Waals surface area contributed by atoms with Gasteiger partial charge in [-0.3, -0.25) is 4.79 Å². The first-order chi connectivity index (χ1) is 12.5. The molecule has 3 aromatic rings. The fraction of sp³-hybridized carbons (Fsp3) is 0.167. The second-order valence-corrected chi connectivity index (χ2v) is 7.16. The predicted octanol–water partition coefficient (Wildman–Crippen LogP) is 3.66. The Balaban J connectivity index is 1.67. The standard InChI is InChI=1S/C18H18ClN5OS/c1-11-7-8-15(12(2)9-11)21-16(25)10-26-18-23-22-17(24(18)20)13-5-3-4-6-14(13)19/h3-9H,10,20H2,1-2H3,(H,21,25). The van der Waals surface area contributed by atoms with Gasteiger partial charge in [0.1, 0.15) is 0 Å². The van der Waals surface area contributed by atoms with Gasteiger partial charge in [0.2, 0.25) is 11.1 Å². The molecule has 1 heterocycles. The Labute approximate surface area is 160 Å². The van der Waals surface area contributed by atoms with E-state index in [2.05, 4.69) is 15.5 Å². The molecular weight excluding hydrogens is 370 g/mol. The third kappa shape index (κ3) is 4.00. The van der Waals surface area contributed by atoms with Crippen molar-refractivity contribution in [3.63, 3.8) is 0 Å². The van der Waals surface area contributed by atoms with E-state index in [4.69, 9.17) is 17.4 Å². The third-order valence-electron chi connectivity index (χ3n) is 3.77. The minimum absolute atomic E-state index is 0.135. The fourth-order valence-electron chi connectivity index (χ4n) is 2.47. The summed E-state index contributed by atoms with van der Waals surface area (Å²) in [4.78, 5) is 12.2. The molecule has 0 atom stereocenters. The van der Waals surface area contributed by atoms with Gasteiger partial charge in [-0.1, -0.05) is 53.2 Å². The molecule has 0 bridgehead atoms. The number of hydrogen-bond donors (Lipinski definition) is 2. The molecule has 0 aliphatic rings. The van der Waals surface area contributed by atoms with E-state index in [1.54, 1.807) is 6.07 Å². The zero-order valence-corrected chi connectivity index (χ0v) is 15.9. The molecular formula is C18H18ClN5OS. The maximum absolute atomic E-state index is 12.2. The number of halogens is 1. The van der Waals surface area contributed by atoms with Crippen LogP contribution < -0.4 is 11.2 Å². The number of hydrogen-bond acceptors (Lipinski definition) is 5. The summed E-state index contributed by atoms with van der Waals surface area (Å²) in [5.41, 5.74) is 3.66.